The van der Waals surface area contributed by atoms with Crippen LogP contribution < -0.4 is 0 Å². The summed E-state index contributed by atoms with van der Waals surface area (Å²) in [4.78, 5) is 57.0. The van der Waals surface area contributed by atoms with Gasteiger partial charge in [-0.15, -0.1) is 0 Å². The number of esters is 4. The van der Waals surface area contributed by atoms with Crippen molar-refractivity contribution in [3.8, 4) is 0 Å². The monoisotopic (exact) mass is 877 g/mol. The van der Waals surface area contributed by atoms with Crippen molar-refractivity contribution >= 4 is 23.9 Å². The highest BCUT2D eigenvalue weighted by Gasteiger charge is 2.42. The molecule has 0 aliphatic rings. The predicted octanol–water partition coefficient (Wildman–Crippen LogP) is 12.7. The molecule has 2 unspecified atom stereocenters. The molecule has 0 aliphatic heterocycles. The van der Waals surface area contributed by atoms with Gasteiger partial charge < -0.3 is 28.7 Å². The Hall–Kier alpha value is -2.72. The van der Waals surface area contributed by atoms with E-state index < -0.39 is 36.1 Å². The van der Waals surface area contributed by atoms with Crippen LogP contribution in [0.5, 0.6) is 0 Å². The Kier molecular flexibility index (Phi) is 42.9. The molecule has 2 atom stereocenters. The van der Waals surface area contributed by atoms with Gasteiger partial charge in [0.15, 0.2) is 0 Å². The summed E-state index contributed by atoms with van der Waals surface area (Å²) in [6.45, 7) is 6.02. The minimum absolute atomic E-state index is 0.0326. The van der Waals surface area contributed by atoms with E-state index in [-0.39, 0.29) is 26.1 Å². The third-order valence-corrected chi connectivity index (χ3v) is 11.0. The van der Waals surface area contributed by atoms with E-state index in [0.717, 1.165) is 64.2 Å². The van der Waals surface area contributed by atoms with Gasteiger partial charge >= 0.3 is 23.9 Å². The molecule has 0 aromatic heterocycles. The van der Waals surface area contributed by atoms with Gasteiger partial charge in [-0.25, -0.2) is 9.59 Å². The number of allylic oxidation sites excluding steroid dienone is 4. The normalized spacial score (nSPS) is 12.7. The van der Waals surface area contributed by atoms with Crippen molar-refractivity contribution in [1.82, 2.24) is 9.80 Å². The van der Waals surface area contributed by atoms with Crippen LogP contribution in [0.3, 0.4) is 0 Å². The summed E-state index contributed by atoms with van der Waals surface area (Å²) < 4.78 is 22.4. The van der Waals surface area contributed by atoms with Crippen LogP contribution in [0.1, 0.15) is 219 Å². The second-order valence-electron chi connectivity index (χ2n) is 17.8. The SMILES string of the molecule is CCCCCCCC/C=C\CCCCCCCCOC(=O)C(OC(=O)CCCN(C)C)C(OC(=O)CCCN(C)C)C(=O)OCCCCCCCC/C=C\CCCCCCCC. The molecular formula is C52H96N2O8. The Balaban J connectivity index is 5.02. The molecule has 0 saturated carbocycles. The Bertz CT molecular complexity index is 1040. The lowest BCUT2D eigenvalue weighted by atomic mass is 10.1. The zero-order valence-corrected chi connectivity index (χ0v) is 41.1. The van der Waals surface area contributed by atoms with Crippen LogP contribution >= 0.6 is 0 Å². The van der Waals surface area contributed by atoms with Crippen molar-refractivity contribution in [3.63, 3.8) is 0 Å². The number of carbonyl (C=O) groups excluding carboxylic acids is 4. The molecule has 62 heavy (non-hydrogen) atoms. The summed E-state index contributed by atoms with van der Waals surface area (Å²) in [5.41, 5.74) is 0. The molecule has 0 N–H and O–H groups in total. The molecule has 0 spiro atoms. The van der Waals surface area contributed by atoms with Gasteiger partial charge in [-0.2, -0.15) is 0 Å². The largest absolute Gasteiger partial charge is 0.463 e. The second-order valence-corrected chi connectivity index (χ2v) is 17.8. The summed E-state index contributed by atoms with van der Waals surface area (Å²) in [7, 11) is 7.61. The molecule has 0 aliphatic carbocycles. The molecule has 10 heteroatoms. The molecule has 0 heterocycles. The van der Waals surface area contributed by atoms with Crippen LogP contribution in [0.2, 0.25) is 0 Å². The highest BCUT2D eigenvalue weighted by Crippen LogP contribution is 2.17. The topological polar surface area (TPSA) is 112 Å². The van der Waals surface area contributed by atoms with Crippen LogP contribution in [0.25, 0.3) is 0 Å². The maximum Gasteiger partial charge on any atom is 0.352 e. The van der Waals surface area contributed by atoms with E-state index in [0.29, 0.717) is 38.8 Å². The molecule has 0 rings (SSSR count). The fourth-order valence-corrected chi connectivity index (χ4v) is 7.16. The smallest absolute Gasteiger partial charge is 0.352 e. The van der Waals surface area contributed by atoms with Gasteiger partial charge in [0, 0.05) is 12.8 Å². The molecule has 0 aromatic carbocycles. The predicted molar refractivity (Wildman–Crippen MR) is 256 cm³/mol. The number of nitrogens with zero attached hydrogens (tertiary/aromatic N) is 2. The molecule has 0 aromatic rings. The average molecular weight is 877 g/mol. The number of hydrogen-bond donors (Lipinski definition) is 0. The van der Waals surface area contributed by atoms with Gasteiger partial charge in [0.05, 0.1) is 13.2 Å². The lowest BCUT2D eigenvalue weighted by Crippen LogP contribution is -2.47. The average Bonchev–Trinajstić information content (AvgIpc) is 3.23. The fraction of sp³-hybridized carbons (Fsp3) is 0.846. The highest BCUT2D eigenvalue weighted by atomic mass is 16.6. The van der Waals surface area contributed by atoms with Crippen molar-refractivity contribution in [2.75, 3.05) is 54.5 Å². The van der Waals surface area contributed by atoms with Gasteiger partial charge in [0.1, 0.15) is 0 Å². The standard InChI is InChI=1S/C52H96N2O8/c1-7-9-11-13-15-17-19-21-23-25-27-29-31-33-35-37-45-59-51(57)49(61-47(55)41-39-43-53(3)4)50(62-48(56)42-40-44-54(5)6)52(58)60-46-38-36-34-32-30-28-26-24-22-20-18-16-14-12-10-8-2/h21-24,49-50H,7-20,25-46H2,1-6H3/b23-21-,24-22-. The van der Waals surface area contributed by atoms with Gasteiger partial charge in [0.2, 0.25) is 12.2 Å². The first-order chi connectivity index (χ1) is 30.1. The highest BCUT2D eigenvalue weighted by molar-refractivity contribution is 5.89. The van der Waals surface area contributed by atoms with Crippen LogP contribution in [0.4, 0.5) is 0 Å². The Morgan fingerprint density at radius 1 is 0.387 bits per heavy atom. The Morgan fingerprint density at radius 2 is 0.661 bits per heavy atom. The number of carbonyl (C=O) groups is 4. The van der Waals surface area contributed by atoms with Crippen LogP contribution in [0.15, 0.2) is 24.3 Å². The first-order valence-corrected chi connectivity index (χ1v) is 25.4. The minimum atomic E-state index is -1.75. The molecule has 0 bridgehead atoms. The Morgan fingerprint density at radius 3 is 0.952 bits per heavy atom. The summed E-state index contributed by atoms with van der Waals surface area (Å²) in [5.74, 6) is -3.14. The van der Waals surface area contributed by atoms with Crippen molar-refractivity contribution in [2.24, 2.45) is 0 Å². The van der Waals surface area contributed by atoms with E-state index in [1.807, 2.05) is 38.0 Å². The van der Waals surface area contributed by atoms with E-state index in [4.69, 9.17) is 18.9 Å². The van der Waals surface area contributed by atoms with Gasteiger partial charge in [0.25, 0.3) is 0 Å². The van der Waals surface area contributed by atoms with Crippen LogP contribution in [-0.2, 0) is 38.1 Å². The lowest BCUT2D eigenvalue weighted by molar-refractivity contribution is -0.192. The minimum Gasteiger partial charge on any atom is -0.463 e. The number of unbranched alkanes of at least 4 members (excludes halogenated alkanes) is 24. The summed E-state index contributed by atoms with van der Waals surface area (Å²) in [6.07, 6.45) is 39.4. The van der Waals surface area contributed by atoms with Gasteiger partial charge in [-0.1, -0.05) is 154 Å². The summed E-state index contributed by atoms with van der Waals surface area (Å²) in [5, 5.41) is 0. The van der Waals surface area contributed by atoms with Crippen molar-refractivity contribution in [1.29, 1.82) is 0 Å². The van der Waals surface area contributed by atoms with Crippen LogP contribution in [0, 0.1) is 0 Å². The molecule has 0 saturated heterocycles. The van der Waals surface area contributed by atoms with Gasteiger partial charge in [-0.05, 0) is 118 Å². The number of rotatable bonds is 45. The fourth-order valence-electron chi connectivity index (χ4n) is 7.16. The van der Waals surface area contributed by atoms with Gasteiger partial charge in [-0.3, -0.25) is 9.59 Å². The maximum atomic E-state index is 13.6. The first kappa shape index (κ1) is 59.3. The third kappa shape index (κ3) is 40.1. The van der Waals surface area contributed by atoms with E-state index in [1.165, 1.54) is 103 Å². The molecule has 0 amide bonds. The number of ether oxygens (including phenoxy) is 4. The van der Waals surface area contributed by atoms with E-state index in [2.05, 4.69) is 38.2 Å². The van der Waals surface area contributed by atoms with Crippen molar-refractivity contribution < 1.29 is 38.1 Å². The third-order valence-electron chi connectivity index (χ3n) is 11.0. The zero-order chi connectivity index (χ0) is 45.7. The van der Waals surface area contributed by atoms with Crippen molar-refractivity contribution in [3.05, 3.63) is 24.3 Å². The molecule has 362 valence electrons. The lowest BCUT2D eigenvalue weighted by Gasteiger charge is -2.24. The first-order valence-electron chi connectivity index (χ1n) is 25.4. The van der Waals surface area contributed by atoms with E-state index in [1.54, 1.807) is 0 Å². The summed E-state index contributed by atoms with van der Waals surface area (Å²) >= 11 is 0. The Labute approximate surface area is 381 Å². The number of hydrogen-bond acceptors (Lipinski definition) is 10. The molecular weight excluding hydrogens is 781 g/mol. The zero-order valence-electron chi connectivity index (χ0n) is 41.1. The van der Waals surface area contributed by atoms with E-state index in [9.17, 15) is 19.2 Å². The quantitative estimate of drug-likeness (QED) is 0.0254. The van der Waals surface area contributed by atoms with E-state index >= 15 is 0 Å². The van der Waals surface area contributed by atoms with Crippen LogP contribution in [-0.4, -0.2) is 100 Å². The molecule has 10 nitrogen and oxygen atoms in total. The summed E-state index contributed by atoms with van der Waals surface area (Å²) in [6, 6.07) is 0. The molecule has 0 radical (unpaired) electrons. The second kappa shape index (κ2) is 44.9. The van der Waals surface area contributed by atoms with Crippen molar-refractivity contribution in [2.45, 2.75) is 232 Å². The maximum absolute atomic E-state index is 13.6. The molecule has 0 fully saturated rings.